The maximum atomic E-state index is 13.8. The molecule has 0 unspecified atom stereocenters. The molecular weight excluding hydrogens is 238 g/mol. The van der Waals surface area contributed by atoms with Gasteiger partial charge in [-0.25, -0.2) is 8.78 Å². The first-order valence-electron chi connectivity index (χ1n) is 4.18. The lowest BCUT2D eigenvalue weighted by Crippen LogP contribution is -2.01. The molecule has 2 rings (SSSR count). The first-order chi connectivity index (χ1) is 6.04. The fourth-order valence-corrected chi connectivity index (χ4v) is 1.79. The fourth-order valence-electron chi connectivity index (χ4n) is 1.54. The summed E-state index contributed by atoms with van der Waals surface area (Å²) in [5.74, 6) is -0.373. The van der Waals surface area contributed by atoms with Crippen molar-refractivity contribution in [1.82, 2.24) is 0 Å². The first kappa shape index (κ1) is 9.13. The Hall–Kier alpha value is -0.440. The molecule has 70 valence electrons. The van der Waals surface area contributed by atoms with Crippen LogP contribution in [-0.2, 0) is 5.67 Å². The highest BCUT2D eigenvalue weighted by molar-refractivity contribution is 9.10. The van der Waals surface area contributed by atoms with E-state index in [1.54, 1.807) is 12.1 Å². The van der Waals surface area contributed by atoms with Crippen molar-refractivity contribution in [2.45, 2.75) is 19.0 Å². The molecule has 0 radical (unpaired) electrons. The van der Waals surface area contributed by atoms with E-state index in [4.69, 9.17) is 0 Å². The van der Waals surface area contributed by atoms with Gasteiger partial charge in [0, 0.05) is 0 Å². The SMILES string of the molecule is C[C@@H]1C[C@@]1(F)c1ccc(Br)c(F)c1. The van der Waals surface area contributed by atoms with Crippen molar-refractivity contribution in [3.63, 3.8) is 0 Å². The summed E-state index contributed by atoms with van der Waals surface area (Å²) in [4.78, 5) is 0. The second-order valence-electron chi connectivity index (χ2n) is 3.60. The van der Waals surface area contributed by atoms with E-state index in [1.807, 2.05) is 6.92 Å². The van der Waals surface area contributed by atoms with Crippen LogP contribution >= 0.6 is 15.9 Å². The van der Waals surface area contributed by atoms with Crippen molar-refractivity contribution in [1.29, 1.82) is 0 Å². The van der Waals surface area contributed by atoms with Crippen LogP contribution < -0.4 is 0 Å². The summed E-state index contributed by atoms with van der Waals surface area (Å²) >= 11 is 3.03. The highest BCUT2D eigenvalue weighted by Crippen LogP contribution is 2.55. The molecule has 0 aliphatic heterocycles. The van der Waals surface area contributed by atoms with Crippen LogP contribution in [0.3, 0.4) is 0 Å². The van der Waals surface area contributed by atoms with Gasteiger partial charge >= 0.3 is 0 Å². The van der Waals surface area contributed by atoms with Crippen molar-refractivity contribution in [3.05, 3.63) is 34.1 Å². The van der Waals surface area contributed by atoms with Crippen LogP contribution in [0.1, 0.15) is 18.9 Å². The molecule has 1 aliphatic rings. The first-order valence-corrected chi connectivity index (χ1v) is 4.98. The summed E-state index contributed by atoms with van der Waals surface area (Å²) in [5.41, 5.74) is -0.817. The van der Waals surface area contributed by atoms with Crippen molar-refractivity contribution in [2.24, 2.45) is 5.92 Å². The third-order valence-corrected chi connectivity index (χ3v) is 3.27. The maximum Gasteiger partial charge on any atom is 0.139 e. The minimum Gasteiger partial charge on any atom is -0.238 e. The zero-order chi connectivity index (χ0) is 9.64. The Balaban J connectivity index is 2.38. The molecule has 0 N–H and O–H groups in total. The van der Waals surface area contributed by atoms with Crippen molar-refractivity contribution < 1.29 is 8.78 Å². The average molecular weight is 247 g/mol. The van der Waals surface area contributed by atoms with E-state index < -0.39 is 11.5 Å². The van der Waals surface area contributed by atoms with E-state index in [0.29, 0.717) is 16.5 Å². The molecule has 0 amide bonds. The molecular formula is C10H9BrF2. The Kier molecular flexibility index (Phi) is 1.95. The predicted octanol–water partition coefficient (Wildman–Crippen LogP) is 3.79. The molecule has 1 aliphatic carbocycles. The van der Waals surface area contributed by atoms with Gasteiger partial charge in [-0.2, -0.15) is 0 Å². The van der Waals surface area contributed by atoms with Crippen LogP contribution in [-0.4, -0.2) is 0 Å². The van der Waals surface area contributed by atoms with E-state index in [-0.39, 0.29) is 5.92 Å². The molecule has 1 aromatic rings. The minimum atomic E-state index is -1.28. The molecule has 0 saturated heterocycles. The van der Waals surface area contributed by atoms with Gasteiger partial charge in [0.25, 0.3) is 0 Å². The number of hydrogen-bond donors (Lipinski definition) is 0. The van der Waals surface area contributed by atoms with Gasteiger partial charge in [0.15, 0.2) is 0 Å². The lowest BCUT2D eigenvalue weighted by atomic mass is 10.1. The normalized spacial score (nSPS) is 31.8. The standard InChI is InChI=1S/C10H9BrF2/c1-6-5-10(6,13)7-2-3-8(11)9(12)4-7/h2-4,6H,5H2,1H3/t6-,10+/m1/s1. The smallest absolute Gasteiger partial charge is 0.139 e. The summed E-state index contributed by atoms with van der Waals surface area (Å²) in [6, 6.07) is 4.46. The third kappa shape index (κ3) is 1.39. The molecule has 0 nitrogen and oxygen atoms in total. The van der Waals surface area contributed by atoms with Gasteiger partial charge in [-0.15, -0.1) is 0 Å². The Labute approximate surface area is 84.1 Å². The van der Waals surface area contributed by atoms with Gasteiger partial charge < -0.3 is 0 Å². The van der Waals surface area contributed by atoms with E-state index in [0.717, 1.165) is 0 Å². The van der Waals surface area contributed by atoms with Crippen LogP contribution in [0.2, 0.25) is 0 Å². The fraction of sp³-hybridized carbons (Fsp3) is 0.400. The minimum absolute atomic E-state index is 0.0214. The lowest BCUT2D eigenvalue weighted by Gasteiger charge is -2.06. The number of rotatable bonds is 1. The van der Waals surface area contributed by atoms with Crippen LogP contribution in [0.5, 0.6) is 0 Å². The van der Waals surface area contributed by atoms with Gasteiger partial charge in [-0.3, -0.25) is 0 Å². The average Bonchev–Trinajstić information content (AvgIpc) is 2.67. The number of alkyl halides is 1. The highest BCUT2D eigenvalue weighted by atomic mass is 79.9. The number of benzene rings is 1. The molecule has 0 heterocycles. The summed E-state index contributed by atoms with van der Waals surface area (Å²) in [7, 11) is 0. The molecule has 1 fully saturated rings. The summed E-state index contributed by atoms with van der Waals surface area (Å²) in [5, 5.41) is 0. The Bertz CT molecular complexity index is 351. The lowest BCUT2D eigenvalue weighted by molar-refractivity contribution is 0.291. The van der Waals surface area contributed by atoms with Gasteiger partial charge in [-0.1, -0.05) is 13.0 Å². The van der Waals surface area contributed by atoms with Gasteiger partial charge in [0.1, 0.15) is 11.5 Å². The zero-order valence-corrected chi connectivity index (χ0v) is 8.74. The summed E-state index contributed by atoms with van der Waals surface area (Å²) in [6.45, 7) is 1.83. The largest absolute Gasteiger partial charge is 0.238 e. The van der Waals surface area contributed by atoms with Crippen LogP contribution in [0.15, 0.2) is 22.7 Å². The number of hydrogen-bond acceptors (Lipinski definition) is 0. The number of halogens is 3. The van der Waals surface area contributed by atoms with Gasteiger partial charge in [-0.05, 0) is 46.0 Å². The molecule has 0 bridgehead atoms. The van der Waals surface area contributed by atoms with Crippen LogP contribution in [0.4, 0.5) is 8.78 Å². The predicted molar refractivity (Wildman–Crippen MR) is 50.7 cm³/mol. The Morgan fingerprint density at radius 2 is 2.15 bits per heavy atom. The quantitative estimate of drug-likeness (QED) is 0.708. The molecule has 0 spiro atoms. The zero-order valence-electron chi connectivity index (χ0n) is 7.15. The second-order valence-corrected chi connectivity index (χ2v) is 4.45. The Morgan fingerprint density at radius 3 is 2.62 bits per heavy atom. The molecule has 13 heavy (non-hydrogen) atoms. The van der Waals surface area contributed by atoms with Crippen molar-refractivity contribution in [3.8, 4) is 0 Å². The maximum absolute atomic E-state index is 13.8. The molecule has 1 saturated carbocycles. The topological polar surface area (TPSA) is 0 Å². The summed E-state index contributed by atoms with van der Waals surface area (Å²) in [6.07, 6.45) is 0.508. The monoisotopic (exact) mass is 246 g/mol. The molecule has 2 atom stereocenters. The van der Waals surface area contributed by atoms with Crippen molar-refractivity contribution in [2.75, 3.05) is 0 Å². The second kappa shape index (κ2) is 2.77. The molecule has 1 aromatic carbocycles. The van der Waals surface area contributed by atoms with Crippen molar-refractivity contribution >= 4 is 15.9 Å². The third-order valence-electron chi connectivity index (χ3n) is 2.62. The van der Waals surface area contributed by atoms with E-state index in [2.05, 4.69) is 15.9 Å². The van der Waals surface area contributed by atoms with Gasteiger partial charge in [0.2, 0.25) is 0 Å². The molecule has 3 heteroatoms. The van der Waals surface area contributed by atoms with Crippen LogP contribution in [0.25, 0.3) is 0 Å². The molecule has 0 aromatic heterocycles. The van der Waals surface area contributed by atoms with E-state index in [1.165, 1.54) is 6.07 Å². The van der Waals surface area contributed by atoms with Crippen LogP contribution in [0, 0.1) is 11.7 Å². The van der Waals surface area contributed by atoms with E-state index >= 15 is 0 Å². The summed E-state index contributed by atoms with van der Waals surface area (Å²) < 4.78 is 27.2. The van der Waals surface area contributed by atoms with Gasteiger partial charge in [0.05, 0.1) is 4.47 Å². The highest BCUT2D eigenvalue weighted by Gasteiger charge is 2.53. The van der Waals surface area contributed by atoms with E-state index in [9.17, 15) is 8.78 Å². The Morgan fingerprint density at radius 1 is 1.54 bits per heavy atom.